The highest BCUT2D eigenvalue weighted by Gasteiger charge is 2.02. The van der Waals surface area contributed by atoms with Crippen LogP contribution in [0.3, 0.4) is 0 Å². The molecule has 0 heterocycles. The van der Waals surface area contributed by atoms with Crippen molar-refractivity contribution in [2.45, 2.75) is 5.75 Å². The van der Waals surface area contributed by atoms with E-state index in [1.807, 2.05) is 0 Å². The van der Waals surface area contributed by atoms with E-state index in [0.717, 1.165) is 11.3 Å². The third-order valence-corrected chi connectivity index (χ3v) is 2.56. The van der Waals surface area contributed by atoms with Gasteiger partial charge in [0.05, 0.1) is 12.9 Å². The molecule has 0 fully saturated rings. The molecular weight excluding hydrogens is 208 g/mol. The highest BCUT2D eigenvalue weighted by molar-refractivity contribution is 8.29. The van der Waals surface area contributed by atoms with Gasteiger partial charge in [-0.1, -0.05) is 12.1 Å². The first-order chi connectivity index (χ1) is 6.01. The summed E-state index contributed by atoms with van der Waals surface area (Å²) < 4.78 is 24.7. The minimum Gasteiger partial charge on any atom is -0.497 e. The van der Waals surface area contributed by atoms with Gasteiger partial charge in [-0.05, 0) is 17.7 Å². The molecule has 3 nitrogen and oxygen atoms in total. The van der Waals surface area contributed by atoms with Crippen LogP contribution >= 0.6 is 0 Å². The van der Waals surface area contributed by atoms with E-state index in [9.17, 15) is 4.21 Å². The zero-order valence-electron chi connectivity index (χ0n) is 7.10. The van der Waals surface area contributed by atoms with Gasteiger partial charge in [0, 0.05) is 11.2 Å². The van der Waals surface area contributed by atoms with Crippen molar-refractivity contribution in [3.05, 3.63) is 29.8 Å². The molecule has 5 heteroatoms. The molecule has 1 aromatic carbocycles. The standard InChI is InChI=1S/C8H10O3S2/c1-11-8-4-2-7(3-5-8)6-13(9,10)12/h2-5H,6H2,1H3,(H,9,10,12). The average molecular weight is 218 g/mol. The Morgan fingerprint density at radius 3 is 2.38 bits per heavy atom. The third kappa shape index (κ3) is 3.71. The number of hydrogen-bond donors (Lipinski definition) is 1. The van der Waals surface area contributed by atoms with Crippen LogP contribution in [0.1, 0.15) is 5.56 Å². The Morgan fingerprint density at radius 2 is 2.00 bits per heavy atom. The molecule has 1 N–H and O–H groups in total. The molecule has 0 amide bonds. The first kappa shape index (κ1) is 10.4. The van der Waals surface area contributed by atoms with Gasteiger partial charge >= 0.3 is 0 Å². The molecule has 0 saturated heterocycles. The summed E-state index contributed by atoms with van der Waals surface area (Å²) in [4.78, 5) is 0. The SMILES string of the molecule is COc1ccc(CS(=O)(O)=S)cc1. The minimum absolute atomic E-state index is 0.00628. The Morgan fingerprint density at radius 1 is 1.46 bits per heavy atom. The molecule has 0 aliphatic carbocycles. The normalized spacial score (nSPS) is 14.9. The fourth-order valence-corrected chi connectivity index (χ4v) is 1.95. The molecule has 1 atom stereocenters. The maximum absolute atomic E-state index is 10.8. The van der Waals surface area contributed by atoms with Crippen LogP contribution in [0.25, 0.3) is 0 Å². The lowest BCUT2D eigenvalue weighted by Gasteiger charge is -2.02. The Labute approximate surface area is 82.2 Å². The molecule has 0 spiro atoms. The van der Waals surface area contributed by atoms with Crippen LogP contribution in [-0.4, -0.2) is 15.9 Å². The van der Waals surface area contributed by atoms with E-state index in [1.165, 1.54) is 0 Å². The number of benzene rings is 1. The van der Waals surface area contributed by atoms with E-state index in [-0.39, 0.29) is 5.75 Å². The van der Waals surface area contributed by atoms with Crippen LogP contribution in [-0.2, 0) is 25.7 Å². The quantitative estimate of drug-likeness (QED) is 0.833. The Kier molecular flexibility index (Phi) is 3.24. The summed E-state index contributed by atoms with van der Waals surface area (Å²) in [7, 11) is -1.54. The second kappa shape index (κ2) is 4.04. The fourth-order valence-electron chi connectivity index (χ4n) is 0.932. The highest BCUT2D eigenvalue weighted by atomic mass is 32.8. The maximum Gasteiger partial charge on any atom is 0.145 e. The van der Waals surface area contributed by atoms with Crippen molar-refractivity contribution in [1.82, 2.24) is 0 Å². The number of rotatable bonds is 3. The van der Waals surface area contributed by atoms with Gasteiger partial charge in [-0.15, -0.1) is 0 Å². The minimum atomic E-state index is -3.10. The predicted molar refractivity (Wildman–Crippen MR) is 54.8 cm³/mol. The van der Waals surface area contributed by atoms with Crippen LogP contribution in [0.5, 0.6) is 5.75 Å². The van der Waals surface area contributed by atoms with Crippen LogP contribution in [0.15, 0.2) is 24.3 Å². The largest absolute Gasteiger partial charge is 0.497 e. The molecule has 1 aromatic rings. The monoisotopic (exact) mass is 218 g/mol. The zero-order chi connectivity index (χ0) is 9.90. The van der Waals surface area contributed by atoms with Crippen LogP contribution in [0.4, 0.5) is 0 Å². The summed E-state index contributed by atoms with van der Waals surface area (Å²) in [5, 5.41) is 0. The van der Waals surface area contributed by atoms with E-state index in [0.29, 0.717) is 0 Å². The first-order valence-electron chi connectivity index (χ1n) is 3.59. The topological polar surface area (TPSA) is 46.5 Å². The summed E-state index contributed by atoms with van der Waals surface area (Å²) in [5.41, 5.74) is 0.739. The molecule has 1 unspecified atom stereocenters. The molecule has 0 radical (unpaired) electrons. The van der Waals surface area contributed by atoms with E-state index in [4.69, 9.17) is 9.29 Å². The van der Waals surface area contributed by atoms with Crippen molar-refractivity contribution < 1.29 is 13.5 Å². The molecular formula is C8H10O3S2. The third-order valence-electron chi connectivity index (χ3n) is 1.51. The van der Waals surface area contributed by atoms with Crippen molar-refractivity contribution in [3.8, 4) is 5.75 Å². The summed E-state index contributed by atoms with van der Waals surface area (Å²) in [6.07, 6.45) is 0. The van der Waals surface area contributed by atoms with Gasteiger partial charge in [-0.3, -0.25) is 0 Å². The van der Waals surface area contributed by atoms with Gasteiger partial charge in [0.25, 0.3) is 0 Å². The van der Waals surface area contributed by atoms with Gasteiger partial charge < -0.3 is 9.29 Å². The summed E-state index contributed by atoms with van der Waals surface area (Å²) in [6, 6.07) is 6.91. The Bertz CT molecular complexity index is 367. The Balaban J connectivity index is 2.81. The molecule has 0 aromatic heterocycles. The zero-order valence-corrected chi connectivity index (χ0v) is 8.73. The van der Waals surface area contributed by atoms with E-state index in [2.05, 4.69) is 11.2 Å². The summed E-state index contributed by atoms with van der Waals surface area (Å²) in [6.45, 7) is 0. The molecule has 0 aliphatic rings. The van der Waals surface area contributed by atoms with Crippen LogP contribution in [0.2, 0.25) is 0 Å². The van der Waals surface area contributed by atoms with E-state index in [1.54, 1.807) is 31.4 Å². The van der Waals surface area contributed by atoms with Crippen molar-refractivity contribution in [3.63, 3.8) is 0 Å². The van der Waals surface area contributed by atoms with Crippen LogP contribution < -0.4 is 4.74 Å². The maximum atomic E-state index is 10.8. The van der Waals surface area contributed by atoms with Crippen molar-refractivity contribution >= 4 is 20.0 Å². The molecule has 13 heavy (non-hydrogen) atoms. The lowest BCUT2D eigenvalue weighted by atomic mass is 10.2. The van der Waals surface area contributed by atoms with Crippen molar-refractivity contribution in [2.24, 2.45) is 0 Å². The van der Waals surface area contributed by atoms with E-state index >= 15 is 0 Å². The Hall–Kier alpha value is -0.650. The van der Waals surface area contributed by atoms with Gasteiger partial charge in [0.15, 0.2) is 0 Å². The van der Waals surface area contributed by atoms with Crippen molar-refractivity contribution in [1.29, 1.82) is 0 Å². The average Bonchev–Trinajstić information content (AvgIpc) is 2.03. The molecule has 0 saturated carbocycles. The molecule has 1 rings (SSSR count). The lowest BCUT2D eigenvalue weighted by Crippen LogP contribution is -1.99. The fraction of sp³-hybridized carbons (Fsp3) is 0.250. The second-order valence-electron chi connectivity index (χ2n) is 2.57. The highest BCUT2D eigenvalue weighted by Crippen LogP contribution is 2.12. The number of hydrogen-bond acceptors (Lipinski definition) is 3. The van der Waals surface area contributed by atoms with Crippen LogP contribution in [0, 0.1) is 0 Å². The van der Waals surface area contributed by atoms with Gasteiger partial charge in [-0.25, -0.2) is 4.21 Å². The van der Waals surface area contributed by atoms with Gasteiger partial charge in [-0.2, -0.15) is 0 Å². The second-order valence-corrected chi connectivity index (χ2v) is 5.59. The number of ether oxygens (including phenoxy) is 1. The first-order valence-corrected chi connectivity index (χ1v) is 6.20. The smallest absolute Gasteiger partial charge is 0.145 e. The lowest BCUT2D eigenvalue weighted by molar-refractivity contribution is 0.414. The molecule has 0 bridgehead atoms. The predicted octanol–water partition coefficient (Wildman–Crippen LogP) is 1.41. The molecule has 72 valence electrons. The number of methoxy groups -OCH3 is 1. The van der Waals surface area contributed by atoms with Gasteiger partial charge in [0.1, 0.15) is 14.5 Å². The summed E-state index contributed by atoms with van der Waals surface area (Å²) >= 11 is 4.38. The van der Waals surface area contributed by atoms with Crippen molar-refractivity contribution in [2.75, 3.05) is 7.11 Å². The summed E-state index contributed by atoms with van der Waals surface area (Å²) in [5.74, 6) is 0.726. The van der Waals surface area contributed by atoms with E-state index < -0.39 is 8.77 Å². The van der Waals surface area contributed by atoms with Gasteiger partial charge in [0.2, 0.25) is 0 Å². The molecule has 0 aliphatic heterocycles.